The van der Waals surface area contributed by atoms with Gasteiger partial charge in [0.2, 0.25) is 0 Å². The van der Waals surface area contributed by atoms with Crippen LogP contribution in [0.3, 0.4) is 0 Å². The number of benzene rings is 1. The summed E-state index contributed by atoms with van der Waals surface area (Å²) in [6, 6.07) is 3.12. The zero-order valence-corrected chi connectivity index (χ0v) is 21.0. The molecular formula is C24H39BClN3O3. The second-order valence-corrected chi connectivity index (χ2v) is 10.9. The largest absolute Gasteiger partial charge is 0.496 e. The van der Waals surface area contributed by atoms with Crippen molar-refractivity contribution in [2.75, 3.05) is 39.0 Å². The van der Waals surface area contributed by atoms with Crippen molar-refractivity contribution in [2.24, 2.45) is 11.3 Å². The Morgan fingerprint density at radius 3 is 2.53 bits per heavy atom. The number of aliphatic hydroxyl groups excluding tert-OH is 1. The first-order chi connectivity index (χ1) is 14.8. The first-order valence-electron chi connectivity index (χ1n) is 11.4. The molecule has 0 aromatic heterocycles. The van der Waals surface area contributed by atoms with Gasteiger partial charge in [0.15, 0.2) is 0 Å². The van der Waals surface area contributed by atoms with Crippen LogP contribution in [0.2, 0.25) is 10.3 Å². The topological polar surface area (TPSA) is 87.8 Å². The summed E-state index contributed by atoms with van der Waals surface area (Å²) in [5, 5.41) is 13.7. The van der Waals surface area contributed by atoms with Crippen LogP contribution in [-0.4, -0.2) is 63.2 Å². The molecule has 1 unspecified atom stereocenters. The van der Waals surface area contributed by atoms with Gasteiger partial charge < -0.3 is 25.8 Å². The fourth-order valence-electron chi connectivity index (χ4n) is 4.65. The number of anilines is 1. The lowest BCUT2D eigenvalue weighted by molar-refractivity contribution is 0.0200. The molecule has 0 aliphatic carbocycles. The van der Waals surface area contributed by atoms with Crippen LogP contribution >= 0.6 is 11.6 Å². The Kier molecular flexibility index (Phi) is 9.32. The number of nitrogen functional groups attached to an aromatic ring is 1. The number of aliphatic hydroxyl groups is 1. The van der Waals surface area contributed by atoms with Gasteiger partial charge in [-0.1, -0.05) is 44.6 Å². The van der Waals surface area contributed by atoms with Gasteiger partial charge in [-0.3, -0.25) is 4.79 Å². The second kappa shape index (κ2) is 11.1. The van der Waals surface area contributed by atoms with Crippen molar-refractivity contribution >= 4 is 31.0 Å². The van der Waals surface area contributed by atoms with Crippen LogP contribution < -0.4 is 15.8 Å². The van der Waals surface area contributed by atoms with E-state index in [1.165, 1.54) is 7.11 Å². The lowest BCUT2D eigenvalue weighted by Crippen LogP contribution is -2.41. The molecule has 178 valence electrons. The van der Waals surface area contributed by atoms with Crippen molar-refractivity contribution in [3.05, 3.63) is 22.7 Å². The van der Waals surface area contributed by atoms with Crippen molar-refractivity contribution in [1.29, 1.82) is 0 Å². The summed E-state index contributed by atoms with van der Waals surface area (Å²) in [6.45, 7) is 11.6. The number of ether oxygens (including phenoxy) is 1. The Morgan fingerprint density at radius 2 is 1.97 bits per heavy atom. The van der Waals surface area contributed by atoms with Gasteiger partial charge in [-0.15, -0.1) is 0 Å². The van der Waals surface area contributed by atoms with Crippen LogP contribution in [0.15, 0.2) is 12.1 Å². The lowest BCUT2D eigenvalue weighted by Gasteiger charge is -2.38. The van der Waals surface area contributed by atoms with Crippen LogP contribution in [0.4, 0.5) is 5.69 Å². The molecule has 0 spiro atoms. The summed E-state index contributed by atoms with van der Waals surface area (Å²) in [4.78, 5) is 15.0. The third-order valence-electron chi connectivity index (χ3n) is 6.35. The average molecular weight is 464 g/mol. The van der Waals surface area contributed by atoms with Gasteiger partial charge >= 0.3 is 0 Å². The van der Waals surface area contributed by atoms with Crippen molar-refractivity contribution in [2.45, 2.75) is 64.8 Å². The SMILES string of the molecule is [B]C(C)(C)CC(C)(C)C(O)CCN1CCC(CNC(=O)c2cc(Cl)c(N)cc2OC)CC1. The maximum atomic E-state index is 12.6. The summed E-state index contributed by atoms with van der Waals surface area (Å²) in [5.41, 5.74) is 6.35. The molecule has 0 bridgehead atoms. The number of nitrogens with two attached hydrogens (primary N) is 1. The van der Waals surface area contributed by atoms with E-state index in [1.807, 2.05) is 13.8 Å². The van der Waals surface area contributed by atoms with Gasteiger partial charge in [0, 0.05) is 19.2 Å². The number of amides is 1. The zero-order chi connectivity index (χ0) is 24.1. The van der Waals surface area contributed by atoms with Crippen LogP contribution in [0, 0.1) is 11.3 Å². The molecule has 4 N–H and O–H groups in total. The monoisotopic (exact) mass is 463 g/mol. The Morgan fingerprint density at radius 1 is 1.34 bits per heavy atom. The highest BCUT2D eigenvalue weighted by Crippen LogP contribution is 2.39. The number of carbonyl (C=O) groups is 1. The highest BCUT2D eigenvalue weighted by molar-refractivity contribution is 6.33. The molecule has 6 nitrogen and oxygen atoms in total. The number of likely N-dealkylation sites (tertiary alicyclic amines) is 1. The van der Waals surface area contributed by atoms with E-state index < -0.39 is 0 Å². The van der Waals surface area contributed by atoms with Crippen LogP contribution in [0.5, 0.6) is 5.75 Å². The molecule has 1 saturated heterocycles. The van der Waals surface area contributed by atoms with E-state index in [9.17, 15) is 9.90 Å². The van der Waals surface area contributed by atoms with Crippen molar-refractivity contribution in [3.63, 3.8) is 0 Å². The van der Waals surface area contributed by atoms with Gasteiger partial charge in [-0.25, -0.2) is 0 Å². The molecule has 2 radical (unpaired) electrons. The summed E-state index contributed by atoms with van der Waals surface area (Å²) < 4.78 is 5.27. The van der Waals surface area contributed by atoms with E-state index in [0.717, 1.165) is 45.3 Å². The number of rotatable bonds is 10. The lowest BCUT2D eigenvalue weighted by atomic mass is 9.62. The van der Waals surface area contributed by atoms with E-state index in [4.69, 9.17) is 29.9 Å². The number of hydrogen-bond donors (Lipinski definition) is 3. The first-order valence-corrected chi connectivity index (χ1v) is 11.8. The molecule has 1 amide bonds. The van der Waals surface area contributed by atoms with E-state index in [2.05, 4.69) is 24.1 Å². The third-order valence-corrected chi connectivity index (χ3v) is 6.68. The minimum Gasteiger partial charge on any atom is -0.496 e. The van der Waals surface area contributed by atoms with Crippen LogP contribution in [0.25, 0.3) is 0 Å². The molecule has 1 aromatic carbocycles. The van der Waals surface area contributed by atoms with E-state index >= 15 is 0 Å². The molecular weight excluding hydrogens is 425 g/mol. The number of piperidine rings is 1. The molecule has 0 saturated carbocycles. The summed E-state index contributed by atoms with van der Waals surface area (Å²) in [6.07, 6.45) is 3.14. The number of methoxy groups -OCH3 is 1. The second-order valence-electron chi connectivity index (χ2n) is 10.5. The molecule has 2 rings (SSSR count). The van der Waals surface area contributed by atoms with Gasteiger partial charge in [0.1, 0.15) is 5.75 Å². The summed E-state index contributed by atoms with van der Waals surface area (Å²) in [5.74, 6) is 0.628. The molecule has 1 heterocycles. The quantitative estimate of drug-likeness (QED) is 0.362. The molecule has 1 aliphatic heterocycles. The molecule has 8 heteroatoms. The molecule has 1 atom stereocenters. The summed E-state index contributed by atoms with van der Waals surface area (Å²) >= 11 is 6.07. The maximum Gasteiger partial charge on any atom is 0.255 e. The van der Waals surface area contributed by atoms with Crippen molar-refractivity contribution in [1.82, 2.24) is 10.2 Å². The fraction of sp³-hybridized carbons (Fsp3) is 0.708. The Hall–Kier alpha value is -1.44. The fourth-order valence-corrected chi connectivity index (χ4v) is 4.81. The predicted octanol–water partition coefficient (Wildman–Crippen LogP) is 3.91. The zero-order valence-electron chi connectivity index (χ0n) is 20.2. The number of nitrogens with one attached hydrogen (secondary N) is 1. The van der Waals surface area contributed by atoms with E-state index in [1.54, 1.807) is 12.1 Å². The van der Waals surface area contributed by atoms with Crippen molar-refractivity contribution in [3.8, 4) is 5.75 Å². The number of halogens is 1. The highest BCUT2D eigenvalue weighted by atomic mass is 35.5. The van der Waals surface area contributed by atoms with Gasteiger partial charge in [-0.05, 0) is 56.2 Å². The van der Waals surface area contributed by atoms with Crippen molar-refractivity contribution < 1.29 is 14.6 Å². The maximum absolute atomic E-state index is 12.6. The molecule has 32 heavy (non-hydrogen) atoms. The Balaban J connectivity index is 1.77. The number of nitrogens with zero attached hydrogens (tertiary/aromatic N) is 1. The molecule has 1 aromatic rings. The van der Waals surface area contributed by atoms with E-state index in [-0.39, 0.29) is 22.7 Å². The minimum atomic E-state index is -0.385. The predicted molar refractivity (Wildman–Crippen MR) is 133 cm³/mol. The summed E-state index contributed by atoms with van der Waals surface area (Å²) in [7, 11) is 7.66. The normalized spacial score (nSPS) is 17.2. The Bertz CT molecular complexity index is 774. The minimum absolute atomic E-state index is 0.209. The Labute approximate surface area is 199 Å². The van der Waals surface area contributed by atoms with Crippen LogP contribution in [0.1, 0.15) is 63.7 Å². The highest BCUT2D eigenvalue weighted by Gasteiger charge is 2.32. The third kappa shape index (κ3) is 7.86. The average Bonchev–Trinajstić information content (AvgIpc) is 2.70. The van der Waals surface area contributed by atoms with Gasteiger partial charge in [0.25, 0.3) is 5.91 Å². The molecule has 1 fully saturated rings. The number of carbonyl (C=O) groups excluding carboxylic acids is 1. The van der Waals surface area contributed by atoms with Crippen LogP contribution in [-0.2, 0) is 0 Å². The smallest absolute Gasteiger partial charge is 0.255 e. The van der Waals surface area contributed by atoms with Gasteiger partial charge in [0.05, 0.1) is 37.3 Å². The number of hydrogen-bond acceptors (Lipinski definition) is 5. The van der Waals surface area contributed by atoms with E-state index in [0.29, 0.717) is 34.5 Å². The standard InChI is InChI=1S/C24H39BClN3O3/c1-23(2,15-24(3,4)25)21(30)8-11-29-9-6-16(7-10-29)14-28-22(31)17-12-18(26)19(27)13-20(17)32-5/h12-13,16,21,30H,6-11,14-15,27H2,1-5H3,(H,28,31). The first kappa shape index (κ1) is 26.8. The molecule has 1 aliphatic rings. The van der Waals surface area contributed by atoms with Gasteiger partial charge in [-0.2, -0.15) is 0 Å².